The minimum absolute atomic E-state index is 0.140. The third kappa shape index (κ3) is 6.18. The highest BCUT2D eigenvalue weighted by Crippen LogP contribution is 2.43. The number of rotatable bonds is 9. The molecule has 15 heteroatoms. The molecule has 0 aliphatic rings. The zero-order chi connectivity index (χ0) is 28.2. The minimum Gasteiger partial charge on any atom is -0.493 e. The van der Waals surface area contributed by atoms with Gasteiger partial charge in [-0.2, -0.15) is 18.4 Å². The molecule has 0 radical (unpaired) electrons. The summed E-state index contributed by atoms with van der Waals surface area (Å²) in [5.41, 5.74) is 0.563. The molecule has 0 atom stereocenters. The molecule has 0 aliphatic carbocycles. The number of alkyl halides is 3. The topological polar surface area (TPSA) is 121 Å². The number of nitriles is 1. The molecule has 0 bridgehead atoms. The van der Waals surface area contributed by atoms with Crippen LogP contribution in [0.25, 0.3) is 11.3 Å². The summed E-state index contributed by atoms with van der Waals surface area (Å²) in [5, 5.41) is 22.3. The third-order valence-electron chi connectivity index (χ3n) is 5.30. The molecule has 0 unspecified atom stereocenters. The van der Waals surface area contributed by atoms with E-state index in [-0.39, 0.29) is 27.2 Å². The number of nitrogens with zero attached hydrogens (tertiary/aromatic N) is 7. The summed E-state index contributed by atoms with van der Waals surface area (Å²) in [6.07, 6.45) is -4.46. The maximum absolute atomic E-state index is 13.2. The van der Waals surface area contributed by atoms with Gasteiger partial charge in [-0.15, -0.1) is 5.10 Å². The summed E-state index contributed by atoms with van der Waals surface area (Å²) < 4.78 is 57.3. The molecule has 4 rings (SSSR count). The third-order valence-corrected chi connectivity index (χ3v) is 7.23. The van der Waals surface area contributed by atoms with Crippen LogP contribution in [0.4, 0.5) is 13.2 Å². The molecule has 0 aliphatic heterocycles. The summed E-state index contributed by atoms with van der Waals surface area (Å²) >= 11 is 2.18. The average Bonchev–Trinajstić information content (AvgIpc) is 3.34. The molecule has 2 heterocycles. The second-order valence-electron chi connectivity index (χ2n) is 7.73. The number of halogens is 3. The van der Waals surface area contributed by atoms with Crippen LogP contribution in [0, 0.1) is 11.3 Å². The van der Waals surface area contributed by atoms with Crippen molar-refractivity contribution in [1.82, 2.24) is 30.2 Å². The highest BCUT2D eigenvalue weighted by molar-refractivity contribution is 7.99. The van der Waals surface area contributed by atoms with Gasteiger partial charge in [-0.05, 0) is 46.0 Å². The van der Waals surface area contributed by atoms with Crippen LogP contribution in [0.3, 0.4) is 0 Å². The van der Waals surface area contributed by atoms with E-state index in [1.54, 1.807) is 25.2 Å². The van der Waals surface area contributed by atoms with Gasteiger partial charge in [0.15, 0.2) is 16.7 Å². The van der Waals surface area contributed by atoms with E-state index in [2.05, 4.69) is 31.6 Å². The number of hydrogen-bond donors (Lipinski definition) is 0. The van der Waals surface area contributed by atoms with Gasteiger partial charge in [-0.25, -0.2) is 14.6 Å². The van der Waals surface area contributed by atoms with Gasteiger partial charge in [-0.3, -0.25) is 0 Å². The van der Waals surface area contributed by atoms with Crippen molar-refractivity contribution in [2.45, 2.75) is 27.3 Å². The van der Waals surface area contributed by atoms with Crippen molar-refractivity contribution in [2.75, 3.05) is 21.3 Å². The molecule has 0 saturated carbocycles. The lowest BCUT2D eigenvalue weighted by Gasteiger charge is -2.15. The maximum atomic E-state index is 13.2. The first-order valence-electron chi connectivity index (χ1n) is 11.0. The van der Waals surface area contributed by atoms with Crippen LogP contribution in [0.15, 0.2) is 51.7 Å². The number of ether oxygens (including phenoxy) is 3. The smallest absolute Gasteiger partial charge is 0.416 e. The van der Waals surface area contributed by atoms with Gasteiger partial charge in [0.05, 0.1) is 32.6 Å². The first-order chi connectivity index (χ1) is 18.7. The summed E-state index contributed by atoms with van der Waals surface area (Å²) in [4.78, 5) is 9.13. The zero-order valence-corrected chi connectivity index (χ0v) is 22.6. The lowest BCUT2D eigenvalue weighted by Crippen LogP contribution is -2.05. The number of thioether (sulfide) groups is 1. The van der Waals surface area contributed by atoms with E-state index in [1.807, 2.05) is 0 Å². The van der Waals surface area contributed by atoms with Gasteiger partial charge in [0, 0.05) is 18.4 Å². The standard InChI is InChI=1S/C24H20F3N7O3S2/c1-34-23(31-32-33-34)39-21-16(11-28)19(14-9-17(35-2)20(37-4)18(10-14)36-3)29-22(30-21)38-12-13-6-5-7-15(8-13)24(25,26)27/h5-10H,12H2,1-4H3. The first kappa shape index (κ1) is 28.0. The molecule has 0 fully saturated rings. The monoisotopic (exact) mass is 575 g/mol. The normalized spacial score (nSPS) is 11.2. The molecule has 0 amide bonds. The second-order valence-corrected chi connectivity index (χ2v) is 9.63. The van der Waals surface area contributed by atoms with Gasteiger partial charge in [0.1, 0.15) is 16.7 Å². The molecule has 2 aromatic carbocycles. The van der Waals surface area contributed by atoms with Crippen molar-refractivity contribution in [3.05, 3.63) is 53.1 Å². The van der Waals surface area contributed by atoms with Crippen molar-refractivity contribution < 1.29 is 27.4 Å². The predicted molar refractivity (Wildman–Crippen MR) is 136 cm³/mol. The van der Waals surface area contributed by atoms with E-state index in [0.29, 0.717) is 33.5 Å². The SMILES string of the molecule is COc1cc(-c2nc(SCc3cccc(C(F)(F)F)c3)nc(Sc3nnnn3C)c2C#N)cc(OC)c1OC. The van der Waals surface area contributed by atoms with Crippen molar-refractivity contribution >= 4 is 23.5 Å². The molecule has 0 saturated heterocycles. The minimum atomic E-state index is -4.46. The van der Waals surface area contributed by atoms with Crippen molar-refractivity contribution in [3.8, 4) is 34.6 Å². The highest BCUT2D eigenvalue weighted by atomic mass is 32.2. The van der Waals surface area contributed by atoms with E-state index in [4.69, 9.17) is 14.2 Å². The fourth-order valence-electron chi connectivity index (χ4n) is 3.47. The molecular formula is C24H20F3N7O3S2. The number of benzene rings is 2. The lowest BCUT2D eigenvalue weighted by molar-refractivity contribution is -0.137. The summed E-state index contributed by atoms with van der Waals surface area (Å²) in [5.74, 6) is 1.20. The Morgan fingerprint density at radius 2 is 1.74 bits per heavy atom. The van der Waals surface area contributed by atoms with Crippen molar-refractivity contribution in [1.29, 1.82) is 5.26 Å². The number of tetrazole rings is 1. The Bertz CT molecular complexity index is 1520. The van der Waals surface area contributed by atoms with Crippen LogP contribution in [0.1, 0.15) is 16.7 Å². The van der Waals surface area contributed by atoms with Gasteiger partial charge in [0.2, 0.25) is 10.9 Å². The average molecular weight is 576 g/mol. The van der Waals surface area contributed by atoms with Crippen LogP contribution in [-0.2, 0) is 19.0 Å². The van der Waals surface area contributed by atoms with E-state index in [0.717, 1.165) is 35.7 Å². The summed E-state index contributed by atoms with van der Waals surface area (Å²) in [7, 11) is 6.03. The highest BCUT2D eigenvalue weighted by Gasteiger charge is 2.30. The van der Waals surface area contributed by atoms with Crippen LogP contribution in [0.5, 0.6) is 17.2 Å². The van der Waals surface area contributed by atoms with Gasteiger partial charge in [-0.1, -0.05) is 30.0 Å². The Balaban J connectivity index is 1.82. The Labute approximate surface area is 229 Å². The Morgan fingerprint density at radius 1 is 1.03 bits per heavy atom. The van der Waals surface area contributed by atoms with Crippen molar-refractivity contribution in [2.24, 2.45) is 7.05 Å². The Kier molecular flexibility index (Phi) is 8.46. The summed E-state index contributed by atoms with van der Waals surface area (Å²) in [6, 6.07) is 10.5. The largest absolute Gasteiger partial charge is 0.493 e. The molecular weight excluding hydrogens is 555 g/mol. The first-order valence-corrected chi connectivity index (χ1v) is 12.8. The van der Waals surface area contributed by atoms with Crippen LogP contribution >= 0.6 is 23.5 Å². The molecule has 2 aromatic heterocycles. The molecule has 39 heavy (non-hydrogen) atoms. The number of aryl methyl sites for hydroxylation is 1. The van der Waals surface area contributed by atoms with Crippen LogP contribution in [0.2, 0.25) is 0 Å². The van der Waals surface area contributed by atoms with Crippen LogP contribution < -0.4 is 14.2 Å². The Hall–Kier alpha value is -4.03. The van der Waals surface area contributed by atoms with E-state index >= 15 is 0 Å². The number of hydrogen-bond acceptors (Lipinski definition) is 11. The zero-order valence-electron chi connectivity index (χ0n) is 21.0. The van der Waals surface area contributed by atoms with Crippen molar-refractivity contribution in [3.63, 3.8) is 0 Å². The van der Waals surface area contributed by atoms with E-state index < -0.39 is 11.7 Å². The van der Waals surface area contributed by atoms with Gasteiger partial charge >= 0.3 is 6.18 Å². The fourth-order valence-corrected chi connectivity index (χ4v) is 5.11. The van der Waals surface area contributed by atoms with Gasteiger partial charge in [0.25, 0.3) is 0 Å². The molecule has 10 nitrogen and oxygen atoms in total. The molecule has 202 valence electrons. The van der Waals surface area contributed by atoms with E-state index in [9.17, 15) is 18.4 Å². The molecule has 0 N–H and O–H groups in total. The maximum Gasteiger partial charge on any atom is 0.416 e. The van der Waals surface area contributed by atoms with Crippen LogP contribution in [-0.4, -0.2) is 51.5 Å². The predicted octanol–water partition coefficient (Wildman–Crippen LogP) is 5.03. The molecule has 0 spiro atoms. The Morgan fingerprint density at radius 3 is 2.31 bits per heavy atom. The lowest BCUT2D eigenvalue weighted by atomic mass is 10.1. The fraction of sp³-hybridized carbons (Fsp3) is 0.250. The number of aromatic nitrogens is 6. The number of methoxy groups -OCH3 is 3. The van der Waals surface area contributed by atoms with Gasteiger partial charge < -0.3 is 14.2 Å². The quantitative estimate of drug-likeness (QED) is 0.152. The van der Waals surface area contributed by atoms with E-state index in [1.165, 1.54) is 32.1 Å². The summed E-state index contributed by atoms with van der Waals surface area (Å²) in [6.45, 7) is 0. The molecule has 4 aromatic rings. The second kappa shape index (κ2) is 11.8.